The molecule has 1 aromatic carbocycles. The molecule has 0 fully saturated rings. The third-order valence-corrected chi connectivity index (χ3v) is 4.66. The minimum atomic E-state index is -4.51. The molecule has 2 rings (SSSR count). The third kappa shape index (κ3) is 8.61. The highest BCUT2D eigenvalue weighted by molar-refractivity contribution is 7.13. The van der Waals surface area contributed by atoms with Gasteiger partial charge in [0, 0.05) is 11.6 Å². The number of nitrogens with zero attached hydrogens (tertiary/aromatic N) is 1. The van der Waals surface area contributed by atoms with Crippen LogP contribution < -0.4 is 10.6 Å². The van der Waals surface area contributed by atoms with Crippen molar-refractivity contribution < 1.29 is 27.6 Å². The van der Waals surface area contributed by atoms with Gasteiger partial charge in [0.2, 0.25) is 11.8 Å². The number of nitrogens with one attached hydrogen (secondary N) is 2. The van der Waals surface area contributed by atoms with Crippen LogP contribution in [0.1, 0.15) is 25.8 Å². The zero-order valence-corrected chi connectivity index (χ0v) is 17.1. The Kier molecular flexibility index (Phi) is 9.76. The number of para-hydroxylation sites is 1. The summed E-state index contributed by atoms with van der Waals surface area (Å²) in [7, 11) is 0. The molecule has 1 unspecified atom stereocenters. The molecule has 2 aromatic rings. The molecule has 0 aliphatic rings. The minimum Gasteiger partial charge on any atom is -0.324 e. The number of carbonyl (C=O) groups excluding carboxylic acids is 3. The molecule has 0 aliphatic carbocycles. The fraction of sp³-hybridized carbons (Fsp3) is 0.333. The van der Waals surface area contributed by atoms with Crippen LogP contribution in [0.2, 0.25) is 0 Å². The Balaban J connectivity index is 0.000000326. The smallest absolute Gasteiger partial charge is 0.324 e. The molecule has 0 radical (unpaired) electrons. The largest absolute Gasteiger partial charge is 0.418 e. The molecular formula is C18H19ClF3N3O3S. The van der Waals surface area contributed by atoms with Crippen LogP contribution in [-0.2, 0) is 20.6 Å². The summed E-state index contributed by atoms with van der Waals surface area (Å²) in [6.07, 6.45) is -2.48. The van der Waals surface area contributed by atoms with E-state index in [0.29, 0.717) is 11.4 Å². The Morgan fingerprint density at radius 1 is 1.24 bits per heavy atom. The molecule has 2 N–H and O–H groups in total. The fourth-order valence-electron chi connectivity index (χ4n) is 1.87. The van der Waals surface area contributed by atoms with E-state index in [1.54, 1.807) is 25.4 Å². The van der Waals surface area contributed by atoms with Gasteiger partial charge in [-0.3, -0.25) is 9.59 Å². The Morgan fingerprint density at radius 3 is 2.41 bits per heavy atom. The second kappa shape index (κ2) is 11.5. The lowest BCUT2D eigenvalue weighted by atomic mass is 10.1. The molecule has 1 heterocycles. The molecule has 29 heavy (non-hydrogen) atoms. The van der Waals surface area contributed by atoms with Crippen LogP contribution in [-0.4, -0.2) is 28.5 Å². The molecule has 0 spiro atoms. The van der Waals surface area contributed by atoms with Gasteiger partial charge in [-0.1, -0.05) is 26.0 Å². The van der Waals surface area contributed by atoms with Gasteiger partial charge in [0.25, 0.3) is 0 Å². The molecule has 0 bridgehead atoms. The van der Waals surface area contributed by atoms with Crippen LogP contribution >= 0.6 is 22.9 Å². The number of hydrogen-bond donors (Lipinski definition) is 2. The van der Waals surface area contributed by atoms with Gasteiger partial charge in [0.1, 0.15) is 11.7 Å². The van der Waals surface area contributed by atoms with Crippen LogP contribution in [0.25, 0.3) is 0 Å². The number of halogens is 4. The van der Waals surface area contributed by atoms with Crippen molar-refractivity contribution in [2.45, 2.75) is 31.8 Å². The third-order valence-electron chi connectivity index (χ3n) is 3.27. The number of carbonyl (C=O) groups is 3. The van der Waals surface area contributed by atoms with Crippen LogP contribution in [0.5, 0.6) is 0 Å². The SMILES string of the molecule is CC(C)C(Cl)C(=O)Nc1ccccc1C(F)(F)F.O=CCC(=O)Nc1nccs1. The highest BCUT2D eigenvalue weighted by atomic mass is 35.5. The average molecular weight is 450 g/mol. The first kappa shape index (κ1) is 24.6. The molecule has 11 heteroatoms. The topological polar surface area (TPSA) is 88.2 Å². The van der Waals surface area contributed by atoms with Crippen molar-refractivity contribution in [3.05, 3.63) is 41.4 Å². The van der Waals surface area contributed by atoms with Gasteiger partial charge in [-0.15, -0.1) is 22.9 Å². The highest BCUT2D eigenvalue weighted by Gasteiger charge is 2.34. The zero-order chi connectivity index (χ0) is 22.0. The van der Waals surface area contributed by atoms with Gasteiger partial charge >= 0.3 is 6.18 Å². The number of hydrogen-bond acceptors (Lipinski definition) is 5. The van der Waals surface area contributed by atoms with Crippen LogP contribution in [0.4, 0.5) is 24.0 Å². The second-order valence-electron chi connectivity index (χ2n) is 5.93. The van der Waals surface area contributed by atoms with Gasteiger partial charge < -0.3 is 15.4 Å². The molecule has 0 saturated heterocycles. The number of rotatable bonds is 6. The van der Waals surface area contributed by atoms with Crippen molar-refractivity contribution in [2.75, 3.05) is 10.6 Å². The Hall–Kier alpha value is -2.46. The summed E-state index contributed by atoms with van der Waals surface area (Å²) < 4.78 is 38.0. The highest BCUT2D eigenvalue weighted by Crippen LogP contribution is 2.34. The lowest BCUT2D eigenvalue weighted by Gasteiger charge is -2.16. The van der Waals surface area contributed by atoms with E-state index < -0.39 is 23.0 Å². The van der Waals surface area contributed by atoms with Gasteiger partial charge in [-0.25, -0.2) is 4.98 Å². The van der Waals surface area contributed by atoms with Crippen molar-refractivity contribution in [1.82, 2.24) is 4.98 Å². The van der Waals surface area contributed by atoms with Gasteiger partial charge in [-0.2, -0.15) is 13.2 Å². The molecule has 2 amide bonds. The Morgan fingerprint density at radius 2 is 1.90 bits per heavy atom. The zero-order valence-electron chi connectivity index (χ0n) is 15.5. The number of aldehydes is 1. The normalized spacial score (nSPS) is 11.8. The predicted molar refractivity (Wildman–Crippen MR) is 106 cm³/mol. The van der Waals surface area contributed by atoms with Crippen molar-refractivity contribution >= 4 is 51.9 Å². The van der Waals surface area contributed by atoms with Crippen molar-refractivity contribution in [1.29, 1.82) is 0 Å². The summed E-state index contributed by atoms with van der Waals surface area (Å²) in [5.74, 6) is -1.12. The van der Waals surface area contributed by atoms with Crippen LogP contribution in [0.15, 0.2) is 35.8 Å². The predicted octanol–water partition coefficient (Wildman–Crippen LogP) is 4.58. The number of aromatic nitrogens is 1. The summed E-state index contributed by atoms with van der Waals surface area (Å²) in [5.41, 5.74) is -1.16. The first-order valence-electron chi connectivity index (χ1n) is 8.30. The van der Waals surface area contributed by atoms with E-state index in [4.69, 9.17) is 11.6 Å². The number of benzene rings is 1. The van der Waals surface area contributed by atoms with Crippen molar-refractivity contribution in [3.8, 4) is 0 Å². The van der Waals surface area contributed by atoms with Gasteiger partial charge in [0.15, 0.2) is 5.13 Å². The molecule has 1 aromatic heterocycles. The van der Waals surface area contributed by atoms with Crippen molar-refractivity contribution in [3.63, 3.8) is 0 Å². The van der Waals surface area contributed by atoms with Gasteiger partial charge in [-0.05, 0) is 18.1 Å². The van der Waals surface area contributed by atoms with E-state index >= 15 is 0 Å². The summed E-state index contributed by atoms with van der Waals surface area (Å²) in [6.45, 7) is 3.43. The number of thiazole rings is 1. The Bertz CT molecular complexity index is 814. The fourth-order valence-corrected chi connectivity index (χ4v) is 2.47. The average Bonchev–Trinajstić information content (AvgIpc) is 3.14. The molecule has 6 nitrogen and oxygen atoms in total. The monoisotopic (exact) mass is 449 g/mol. The summed E-state index contributed by atoms with van der Waals surface area (Å²) in [4.78, 5) is 36.0. The van der Waals surface area contributed by atoms with E-state index in [1.165, 1.54) is 29.5 Å². The van der Waals surface area contributed by atoms with E-state index in [9.17, 15) is 27.6 Å². The molecule has 1 atom stereocenters. The number of alkyl halides is 4. The van der Waals surface area contributed by atoms with E-state index in [1.807, 2.05) is 0 Å². The lowest BCUT2D eigenvalue weighted by molar-refractivity contribution is -0.137. The molecule has 158 valence electrons. The maximum absolute atomic E-state index is 12.7. The standard InChI is InChI=1S/C12H13ClF3NO.C6H6N2O2S/c1-7(2)10(13)11(18)17-9-6-4-3-5-8(9)12(14,15)16;9-3-1-5(10)8-6-7-2-4-11-6/h3-7,10H,1-2H3,(H,17,18);2-4H,1H2,(H,7,8,10). The van der Waals surface area contributed by atoms with E-state index in [-0.39, 0.29) is 23.9 Å². The quantitative estimate of drug-likeness (QED) is 0.384. The van der Waals surface area contributed by atoms with E-state index in [2.05, 4.69) is 15.6 Å². The molecule has 0 saturated carbocycles. The minimum absolute atomic E-state index is 0.112. The van der Waals surface area contributed by atoms with Crippen LogP contribution in [0.3, 0.4) is 0 Å². The number of anilines is 2. The number of amides is 2. The maximum Gasteiger partial charge on any atom is 0.418 e. The van der Waals surface area contributed by atoms with Crippen molar-refractivity contribution in [2.24, 2.45) is 5.92 Å². The lowest BCUT2D eigenvalue weighted by Crippen LogP contribution is -2.28. The molecular weight excluding hydrogens is 431 g/mol. The van der Waals surface area contributed by atoms with Crippen LogP contribution in [0, 0.1) is 5.92 Å². The first-order chi connectivity index (χ1) is 13.6. The second-order valence-corrected chi connectivity index (χ2v) is 7.30. The Labute approximate surface area is 174 Å². The van der Waals surface area contributed by atoms with E-state index in [0.717, 1.165) is 6.07 Å². The summed E-state index contributed by atoms with van der Waals surface area (Å²) in [6, 6.07) is 4.79. The van der Waals surface area contributed by atoms with Gasteiger partial charge in [0.05, 0.1) is 17.7 Å². The molecule has 0 aliphatic heterocycles. The summed E-state index contributed by atoms with van der Waals surface area (Å²) in [5, 5.41) is 6.07. The maximum atomic E-state index is 12.7. The first-order valence-corrected chi connectivity index (χ1v) is 9.62. The summed E-state index contributed by atoms with van der Waals surface area (Å²) >= 11 is 7.11.